The maximum atomic E-state index is 10.2. The Kier molecular flexibility index (Phi) is 3.95. The molecule has 5 heteroatoms. The molecule has 0 aliphatic heterocycles. The van der Waals surface area contributed by atoms with Gasteiger partial charge in [0.25, 0.3) is 0 Å². The fourth-order valence-corrected chi connectivity index (χ4v) is 2.51. The Bertz CT molecular complexity index is 862. The average Bonchev–Trinajstić information content (AvgIpc) is 2.85. The van der Waals surface area contributed by atoms with Gasteiger partial charge in [-0.1, -0.05) is 35.9 Å². The lowest BCUT2D eigenvalue weighted by Crippen LogP contribution is -2.49. The first-order valence-electron chi connectivity index (χ1n) is 7.54. The van der Waals surface area contributed by atoms with Gasteiger partial charge in [-0.05, 0) is 45.3 Å². The minimum absolute atomic E-state index is 0.642. The summed E-state index contributed by atoms with van der Waals surface area (Å²) < 4.78 is 11.8. The molecule has 0 fully saturated rings. The molecular formula is C18H19BClO3. The van der Waals surface area contributed by atoms with Crippen molar-refractivity contribution < 1.29 is 14.2 Å². The Morgan fingerprint density at radius 3 is 2.48 bits per heavy atom. The molecule has 0 unspecified atom stereocenters. The Hall–Kier alpha value is -1.49. The summed E-state index contributed by atoms with van der Waals surface area (Å²) in [5, 5.41) is 12.7. The van der Waals surface area contributed by atoms with Crippen molar-refractivity contribution in [3.05, 3.63) is 41.4 Å². The van der Waals surface area contributed by atoms with Crippen molar-refractivity contribution in [2.45, 2.75) is 38.9 Å². The van der Waals surface area contributed by atoms with Crippen molar-refractivity contribution in [1.82, 2.24) is 0 Å². The van der Waals surface area contributed by atoms with E-state index in [1.807, 2.05) is 50.2 Å². The lowest BCUT2D eigenvalue weighted by atomic mass is 9.82. The second-order valence-electron chi connectivity index (χ2n) is 6.74. The second-order valence-corrected chi connectivity index (χ2v) is 7.15. The molecule has 0 saturated heterocycles. The second kappa shape index (κ2) is 5.55. The molecule has 1 N–H and O–H groups in total. The topological polar surface area (TPSA) is 42.6 Å². The van der Waals surface area contributed by atoms with Crippen LogP contribution in [0.4, 0.5) is 0 Å². The number of hydrogen-bond acceptors (Lipinski definition) is 3. The Labute approximate surface area is 141 Å². The quantitative estimate of drug-likeness (QED) is 0.734. The highest BCUT2D eigenvalue weighted by Crippen LogP contribution is 2.33. The summed E-state index contributed by atoms with van der Waals surface area (Å²) in [4.78, 5) is 0. The van der Waals surface area contributed by atoms with Crippen molar-refractivity contribution in [3.8, 4) is 0 Å². The summed E-state index contributed by atoms with van der Waals surface area (Å²) in [6.45, 7) is 7.13. The van der Waals surface area contributed by atoms with Gasteiger partial charge in [0.15, 0.2) is 0 Å². The molecule has 0 aliphatic rings. The van der Waals surface area contributed by atoms with Crippen LogP contribution in [0, 0.1) is 0 Å². The van der Waals surface area contributed by atoms with Crippen LogP contribution in [0.25, 0.3) is 21.9 Å². The van der Waals surface area contributed by atoms with Gasteiger partial charge in [0.1, 0.15) is 11.2 Å². The third-order valence-corrected chi connectivity index (χ3v) is 4.77. The van der Waals surface area contributed by atoms with E-state index in [0.717, 1.165) is 21.8 Å². The predicted octanol–water partition coefficient (Wildman–Crippen LogP) is 4.05. The molecule has 0 atom stereocenters. The van der Waals surface area contributed by atoms with Gasteiger partial charge in [0, 0.05) is 10.8 Å². The molecule has 0 aliphatic carbocycles. The van der Waals surface area contributed by atoms with Crippen LogP contribution in [0.1, 0.15) is 27.7 Å². The monoisotopic (exact) mass is 329 g/mol. The normalized spacial score (nSPS) is 13.0. The van der Waals surface area contributed by atoms with Crippen LogP contribution < -0.4 is 5.46 Å². The van der Waals surface area contributed by atoms with E-state index in [1.54, 1.807) is 21.3 Å². The highest BCUT2D eigenvalue weighted by Gasteiger charge is 2.36. The first kappa shape index (κ1) is 16.4. The molecule has 119 valence electrons. The molecule has 1 radical (unpaired) electrons. The predicted molar refractivity (Wildman–Crippen MR) is 95.6 cm³/mol. The number of halogens is 1. The molecule has 2 aromatic carbocycles. The number of aliphatic hydroxyl groups is 1. The molecule has 0 amide bonds. The standard InChI is InChI=1S/C18H19BClO3/c1-17(2,21)18(3,4)23-19-12-9-10-13(20)15-11-7-5-6-8-14(11)22-16(12)15/h5-10,21H,1-4H3. The first-order valence-corrected chi connectivity index (χ1v) is 7.92. The van der Waals surface area contributed by atoms with Crippen LogP contribution in [0.3, 0.4) is 0 Å². The molecule has 3 nitrogen and oxygen atoms in total. The molecule has 1 aromatic heterocycles. The van der Waals surface area contributed by atoms with E-state index in [9.17, 15) is 5.11 Å². The first-order chi connectivity index (χ1) is 10.7. The van der Waals surface area contributed by atoms with E-state index in [2.05, 4.69) is 0 Å². The summed E-state index contributed by atoms with van der Waals surface area (Å²) in [5.74, 6) is 0. The van der Waals surface area contributed by atoms with Crippen LogP contribution in [0.5, 0.6) is 0 Å². The number of rotatable bonds is 4. The van der Waals surface area contributed by atoms with E-state index in [0.29, 0.717) is 10.6 Å². The van der Waals surface area contributed by atoms with E-state index in [1.165, 1.54) is 0 Å². The average molecular weight is 330 g/mol. The largest absolute Gasteiger partial charge is 0.456 e. The maximum absolute atomic E-state index is 10.2. The molecule has 0 spiro atoms. The summed E-state index contributed by atoms with van der Waals surface area (Å²) in [5.41, 5.74) is 0.531. The van der Waals surface area contributed by atoms with E-state index in [4.69, 9.17) is 20.7 Å². The van der Waals surface area contributed by atoms with Gasteiger partial charge in [-0.15, -0.1) is 0 Å². The Morgan fingerprint density at radius 2 is 1.78 bits per heavy atom. The summed E-state index contributed by atoms with van der Waals surface area (Å²) in [7, 11) is 1.62. The van der Waals surface area contributed by atoms with Crippen LogP contribution in [-0.4, -0.2) is 23.8 Å². The lowest BCUT2D eigenvalue weighted by Gasteiger charge is -2.37. The Balaban J connectivity index is 2.04. The van der Waals surface area contributed by atoms with Crippen molar-refractivity contribution in [3.63, 3.8) is 0 Å². The van der Waals surface area contributed by atoms with E-state index < -0.39 is 11.2 Å². The zero-order valence-electron chi connectivity index (χ0n) is 13.7. The smallest absolute Gasteiger partial charge is 0.334 e. The molecular weight excluding hydrogens is 310 g/mol. The van der Waals surface area contributed by atoms with Crippen LogP contribution in [-0.2, 0) is 4.65 Å². The fraction of sp³-hybridized carbons (Fsp3) is 0.333. The number of para-hydroxylation sites is 1. The van der Waals surface area contributed by atoms with Crippen molar-refractivity contribution in [2.24, 2.45) is 0 Å². The minimum Gasteiger partial charge on any atom is -0.456 e. The van der Waals surface area contributed by atoms with Gasteiger partial charge in [-0.2, -0.15) is 0 Å². The number of benzene rings is 2. The van der Waals surface area contributed by atoms with Crippen LogP contribution in [0.2, 0.25) is 5.02 Å². The third-order valence-electron chi connectivity index (χ3n) is 4.46. The zero-order valence-corrected chi connectivity index (χ0v) is 14.4. The van der Waals surface area contributed by atoms with Gasteiger partial charge < -0.3 is 14.2 Å². The van der Waals surface area contributed by atoms with E-state index in [-0.39, 0.29) is 0 Å². The molecule has 0 bridgehead atoms. The highest BCUT2D eigenvalue weighted by molar-refractivity contribution is 6.52. The summed E-state index contributed by atoms with van der Waals surface area (Å²) in [6, 6.07) is 11.5. The molecule has 3 rings (SSSR count). The van der Waals surface area contributed by atoms with Crippen molar-refractivity contribution in [2.75, 3.05) is 0 Å². The molecule has 3 aromatic rings. The third kappa shape index (κ3) is 2.87. The van der Waals surface area contributed by atoms with Crippen LogP contribution in [0.15, 0.2) is 40.8 Å². The van der Waals surface area contributed by atoms with Gasteiger partial charge in [-0.25, -0.2) is 0 Å². The van der Waals surface area contributed by atoms with Crippen molar-refractivity contribution in [1.29, 1.82) is 0 Å². The number of furan rings is 1. The summed E-state index contributed by atoms with van der Waals surface area (Å²) in [6.07, 6.45) is 0. The van der Waals surface area contributed by atoms with Crippen molar-refractivity contribution >= 4 is 46.5 Å². The highest BCUT2D eigenvalue weighted by atomic mass is 35.5. The molecule has 1 heterocycles. The maximum Gasteiger partial charge on any atom is 0.334 e. The van der Waals surface area contributed by atoms with Gasteiger partial charge in [0.05, 0.1) is 16.2 Å². The molecule has 0 saturated carbocycles. The number of hydrogen-bond donors (Lipinski definition) is 1. The Morgan fingerprint density at radius 1 is 1.09 bits per heavy atom. The van der Waals surface area contributed by atoms with Gasteiger partial charge in [0.2, 0.25) is 0 Å². The minimum atomic E-state index is -0.983. The molecule has 23 heavy (non-hydrogen) atoms. The van der Waals surface area contributed by atoms with Gasteiger partial charge in [-0.3, -0.25) is 0 Å². The SMILES string of the molecule is CC(C)(O)C(C)(C)O[B]c1ccc(Cl)c2c1oc1ccccc12. The van der Waals surface area contributed by atoms with Crippen LogP contribution >= 0.6 is 11.6 Å². The van der Waals surface area contributed by atoms with E-state index >= 15 is 0 Å². The van der Waals surface area contributed by atoms with Gasteiger partial charge >= 0.3 is 7.48 Å². The number of fused-ring (bicyclic) bond motifs is 3. The lowest BCUT2D eigenvalue weighted by molar-refractivity contribution is -0.0893. The zero-order chi connectivity index (χ0) is 16.8. The summed E-state index contributed by atoms with van der Waals surface area (Å²) >= 11 is 6.36. The fourth-order valence-electron chi connectivity index (χ4n) is 2.26.